The van der Waals surface area contributed by atoms with Gasteiger partial charge in [-0.1, -0.05) is 13.5 Å². The van der Waals surface area contributed by atoms with Crippen LogP contribution in [0, 0.1) is 0 Å². The molecule has 100 valence electrons. The Kier molecular flexibility index (Phi) is 6.42. The smallest absolute Gasteiger partial charge is 0.337 e. The number of aliphatic hydroxyl groups is 1. The van der Waals surface area contributed by atoms with E-state index in [-0.39, 0.29) is 6.23 Å². The number of quaternary nitrogens is 1. The second kappa shape index (κ2) is 6.77. The molecule has 4 heteroatoms. The van der Waals surface area contributed by atoms with Crippen molar-refractivity contribution in [3.63, 3.8) is 0 Å². The van der Waals surface area contributed by atoms with Gasteiger partial charge in [0.1, 0.15) is 0 Å². The summed E-state index contributed by atoms with van der Waals surface area (Å²) in [6.07, 6.45) is -0.251. The summed E-state index contributed by atoms with van der Waals surface area (Å²) >= 11 is 0. The van der Waals surface area contributed by atoms with Gasteiger partial charge in [-0.2, -0.15) is 0 Å². The van der Waals surface area contributed by atoms with Crippen LogP contribution in [0.5, 0.6) is 0 Å². The summed E-state index contributed by atoms with van der Waals surface area (Å²) < 4.78 is 5.73. The minimum absolute atomic E-state index is 0.371. The van der Waals surface area contributed by atoms with Crippen molar-refractivity contribution in [2.24, 2.45) is 0 Å². The number of nitrogens with zero attached hydrogens (tertiary/aromatic N) is 1. The van der Waals surface area contributed by atoms with Gasteiger partial charge in [-0.3, -0.25) is 4.48 Å². The minimum atomic E-state index is -0.516. The van der Waals surface area contributed by atoms with Crippen LogP contribution in [0.2, 0.25) is 0 Å². The first-order valence-electron chi connectivity index (χ1n) is 6.26. The first-order valence-corrected chi connectivity index (χ1v) is 6.26. The third-order valence-corrected chi connectivity index (χ3v) is 3.49. The first-order chi connectivity index (χ1) is 7.85. The molecule has 1 N–H and O–H groups in total. The average molecular weight is 244 g/mol. The molecule has 0 heterocycles. The van der Waals surface area contributed by atoms with E-state index in [1.807, 2.05) is 27.7 Å². The molecule has 0 aliphatic carbocycles. The van der Waals surface area contributed by atoms with Crippen LogP contribution in [-0.4, -0.2) is 41.1 Å². The monoisotopic (exact) mass is 244 g/mol. The maximum atomic E-state index is 11.5. The molecule has 0 aromatic rings. The summed E-state index contributed by atoms with van der Waals surface area (Å²) in [5.41, 5.74) is 0.383. The van der Waals surface area contributed by atoms with Gasteiger partial charge in [-0.15, -0.1) is 0 Å². The Morgan fingerprint density at radius 1 is 1.35 bits per heavy atom. The zero-order chi connectivity index (χ0) is 13.6. The molecule has 0 radical (unpaired) electrons. The predicted octanol–water partition coefficient (Wildman–Crippen LogP) is 2.04. The summed E-state index contributed by atoms with van der Waals surface area (Å²) in [7, 11) is 0. The van der Waals surface area contributed by atoms with Crippen molar-refractivity contribution in [3.05, 3.63) is 12.2 Å². The van der Waals surface area contributed by atoms with Gasteiger partial charge in [-0.25, -0.2) is 4.79 Å². The molecule has 0 spiro atoms. The van der Waals surface area contributed by atoms with E-state index >= 15 is 0 Å². The molecule has 0 saturated heterocycles. The van der Waals surface area contributed by atoms with E-state index in [4.69, 9.17) is 4.74 Å². The van der Waals surface area contributed by atoms with E-state index in [0.717, 1.165) is 13.1 Å². The third-order valence-electron chi connectivity index (χ3n) is 3.49. The number of carbonyl (C=O) groups is 1. The molecular weight excluding hydrogens is 218 g/mol. The number of esters is 1. The lowest BCUT2D eigenvalue weighted by molar-refractivity contribution is -1.00. The molecule has 2 atom stereocenters. The number of aliphatic hydroxyl groups excluding tert-OH is 1. The minimum Gasteiger partial charge on any atom is -0.409 e. The Balaban J connectivity index is 4.93. The molecule has 2 unspecified atom stereocenters. The Labute approximate surface area is 104 Å². The zero-order valence-corrected chi connectivity index (χ0v) is 11.7. The van der Waals surface area contributed by atoms with Crippen molar-refractivity contribution in [2.75, 3.05) is 13.1 Å². The van der Waals surface area contributed by atoms with Crippen LogP contribution in [-0.2, 0) is 9.53 Å². The van der Waals surface area contributed by atoms with Crippen LogP contribution in [0.4, 0.5) is 0 Å². The Morgan fingerprint density at radius 3 is 2.12 bits per heavy atom. The highest BCUT2D eigenvalue weighted by atomic mass is 16.6. The maximum absolute atomic E-state index is 11.5. The highest BCUT2D eigenvalue weighted by molar-refractivity contribution is 5.86. The molecule has 0 amide bonds. The number of hydrogen-bond donors (Lipinski definition) is 1. The number of hydrogen-bond acceptors (Lipinski definition) is 3. The largest absolute Gasteiger partial charge is 0.409 e. The van der Waals surface area contributed by atoms with Gasteiger partial charge in [-0.05, 0) is 20.8 Å². The van der Waals surface area contributed by atoms with Gasteiger partial charge >= 0.3 is 5.97 Å². The van der Waals surface area contributed by atoms with Crippen LogP contribution < -0.4 is 0 Å². The van der Waals surface area contributed by atoms with Crippen molar-refractivity contribution in [1.82, 2.24) is 0 Å². The first kappa shape index (κ1) is 16.1. The standard InChI is InChI=1S/C13H26NO3/c1-7-12(15)14(8-2,9-3)11(6)17-13(16)10(4)5/h11-12,15H,4,7-9H2,1-3,5-6H3/q+1. The summed E-state index contributed by atoms with van der Waals surface area (Å²) in [6.45, 7) is 14.4. The average Bonchev–Trinajstić information content (AvgIpc) is 2.30. The second-order valence-corrected chi connectivity index (χ2v) is 4.41. The number of ether oxygens (including phenoxy) is 1. The molecule has 0 aliphatic heterocycles. The number of rotatable bonds is 7. The molecule has 0 aliphatic rings. The van der Waals surface area contributed by atoms with Crippen molar-refractivity contribution < 1.29 is 19.1 Å². The molecular formula is C13H26NO3+. The fraction of sp³-hybridized carbons (Fsp3) is 0.769. The Bertz CT molecular complexity index is 272. The summed E-state index contributed by atoms with van der Waals surface area (Å²) in [6, 6.07) is 0. The van der Waals surface area contributed by atoms with E-state index in [1.165, 1.54) is 0 Å². The van der Waals surface area contributed by atoms with Crippen molar-refractivity contribution in [1.29, 1.82) is 0 Å². The van der Waals surface area contributed by atoms with E-state index < -0.39 is 12.2 Å². The van der Waals surface area contributed by atoms with Crippen molar-refractivity contribution in [2.45, 2.75) is 53.5 Å². The molecule has 17 heavy (non-hydrogen) atoms. The SMILES string of the molecule is C=C(C)C(=O)OC(C)[N+](CC)(CC)C(O)CC. The third kappa shape index (κ3) is 3.54. The quantitative estimate of drug-likeness (QED) is 0.323. The lowest BCUT2D eigenvalue weighted by Crippen LogP contribution is -2.61. The second-order valence-electron chi connectivity index (χ2n) is 4.41. The molecule has 0 bridgehead atoms. The van der Waals surface area contributed by atoms with Crippen LogP contribution in [0.1, 0.15) is 41.0 Å². The molecule has 0 rings (SSSR count). The molecule has 0 aromatic carbocycles. The Morgan fingerprint density at radius 2 is 1.82 bits per heavy atom. The lowest BCUT2D eigenvalue weighted by Gasteiger charge is -2.44. The van der Waals surface area contributed by atoms with Gasteiger partial charge in [0.2, 0.25) is 6.23 Å². The van der Waals surface area contributed by atoms with Crippen LogP contribution >= 0.6 is 0 Å². The summed E-state index contributed by atoms with van der Waals surface area (Å²) in [5, 5.41) is 10.1. The van der Waals surface area contributed by atoms with Gasteiger partial charge in [0.15, 0.2) is 6.23 Å². The van der Waals surface area contributed by atoms with Gasteiger partial charge in [0.05, 0.1) is 13.1 Å². The van der Waals surface area contributed by atoms with E-state index in [0.29, 0.717) is 16.5 Å². The normalized spacial score (nSPS) is 15.2. The van der Waals surface area contributed by atoms with Crippen molar-refractivity contribution in [3.8, 4) is 0 Å². The molecule has 0 aromatic heterocycles. The van der Waals surface area contributed by atoms with Crippen molar-refractivity contribution >= 4 is 5.97 Å². The highest BCUT2D eigenvalue weighted by Gasteiger charge is 2.39. The molecule has 4 nitrogen and oxygen atoms in total. The van der Waals surface area contributed by atoms with E-state index in [1.54, 1.807) is 6.92 Å². The molecule has 0 fully saturated rings. The van der Waals surface area contributed by atoms with Gasteiger partial charge < -0.3 is 9.84 Å². The topological polar surface area (TPSA) is 46.5 Å². The predicted molar refractivity (Wildman–Crippen MR) is 68.0 cm³/mol. The fourth-order valence-electron chi connectivity index (χ4n) is 2.13. The van der Waals surface area contributed by atoms with Crippen LogP contribution in [0.15, 0.2) is 12.2 Å². The number of carbonyl (C=O) groups excluding carboxylic acids is 1. The van der Waals surface area contributed by atoms with E-state index in [9.17, 15) is 9.90 Å². The van der Waals surface area contributed by atoms with Crippen LogP contribution in [0.25, 0.3) is 0 Å². The van der Waals surface area contributed by atoms with Gasteiger partial charge in [0.25, 0.3) is 0 Å². The fourth-order valence-corrected chi connectivity index (χ4v) is 2.13. The zero-order valence-electron chi connectivity index (χ0n) is 11.7. The molecule has 0 saturated carbocycles. The maximum Gasteiger partial charge on any atom is 0.337 e. The van der Waals surface area contributed by atoms with Gasteiger partial charge in [0, 0.05) is 18.9 Å². The highest BCUT2D eigenvalue weighted by Crippen LogP contribution is 2.21. The Hall–Kier alpha value is -0.870. The van der Waals surface area contributed by atoms with Crippen LogP contribution in [0.3, 0.4) is 0 Å². The summed E-state index contributed by atoms with van der Waals surface area (Å²) in [4.78, 5) is 11.5. The lowest BCUT2D eigenvalue weighted by atomic mass is 10.2. The summed E-state index contributed by atoms with van der Waals surface area (Å²) in [5.74, 6) is -0.398. The van der Waals surface area contributed by atoms with E-state index in [2.05, 4.69) is 6.58 Å².